The average Bonchev–Trinajstić information content (AvgIpc) is 3.38. The fraction of sp³-hybridized carbons (Fsp3) is 0.0417. The first kappa shape index (κ1) is 22.7. The Morgan fingerprint density at radius 2 is 1.68 bits per heavy atom. The number of nitrogens with one attached hydrogen (secondary N) is 2. The third kappa shape index (κ3) is 5.45. The first-order chi connectivity index (χ1) is 16.5. The van der Waals surface area contributed by atoms with E-state index in [2.05, 4.69) is 20.7 Å². The number of anilines is 2. The topological polar surface area (TPSA) is 115 Å². The van der Waals surface area contributed by atoms with E-state index in [1.54, 1.807) is 66.7 Å². The van der Waals surface area contributed by atoms with E-state index in [-0.39, 0.29) is 17.2 Å². The molecule has 0 saturated heterocycles. The molecule has 0 unspecified atom stereocenters. The van der Waals surface area contributed by atoms with Crippen LogP contribution in [0.2, 0.25) is 5.02 Å². The van der Waals surface area contributed by atoms with E-state index < -0.39 is 18.5 Å². The van der Waals surface area contributed by atoms with E-state index in [9.17, 15) is 14.4 Å². The van der Waals surface area contributed by atoms with Crippen LogP contribution in [0.25, 0.3) is 5.69 Å². The van der Waals surface area contributed by atoms with Gasteiger partial charge in [-0.3, -0.25) is 9.59 Å². The van der Waals surface area contributed by atoms with Crippen molar-refractivity contribution in [2.24, 2.45) is 0 Å². The molecule has 4 rings (SSSR count). The normalized spacial score (nSPS) is 10.4. The minimum Gasteiger partial charge on any atom is -0.452 e. The van der Waals surface area contributed by atoms with Crippen molar-refractivity contribution in [3.8, 4) is 5.69 Å². The number of aromatic nitrogens is 3. The number of carbonyl (C=O) groups excluding carboxylic acids is 3. The van der Waals surface area contributed by atoms with Gasteiger partial charge in [0.05, 0.1) is 22.6 Å². The Morgan fingerprint density at radius 3 is 2.44 bits per heavy atom. The quantitative estimate of drug-likeness (QED) is 0.391. The lowest BCUT2D eigenvalue weighted by Gasteiger charge is -2.13. The standard InChI is InChI=1S/C24H18ClN5O4/c25-17-10-11-21(30-15-26-14-27-30)20(12-17)28-22(31)13-34-24(33)18-8-4-5-9-19(18)29-23(32)16-6-2-1-3-7-16/h1-12,14-15H,13H2,(H,28,31)(H,29,32). The zero-order chi connectivity index (χ0) is 23.9. The lowest BCUT2D eigenvalue weighted by molar-refractivity contribution is -0.119. The van der Waals surface area contributed by atoms with Crippen molar-refractivity contribution in [2.45, 2.75) is 0 Å². The maximum absolute atomic E-state index is 12.7. The number of hydrogen-bond acceptors (Lipinski definition) is 6. The lowest BCUT2D eigenvalue weighted by Crippen LogP contribution is -2.22. The van der Waals surface area contributed by atoms with E-state index >= 15 is 0 Å². The molecule has 2 amide bonds. The molecule has 0 fully saturated rings. The second kappa shape index (κ2) is 10.4. The summed E-state index contributed by atoms with van der Waals surface area (Å²) in [7, 11) is 0. The van der Waals surface area contributed by atoms with Crippen LogP contribution in [0.5, 0.6) is 0 Å². The van der Waals surface area contributed by atoms with Crippen LogP contribution in [0.4, 0.5) is 11.4 Å². The number of ether oxygens (including phenoxy) is 1. The molecule has 2 N–H and O–H groups in total. The molecule has 0 radical (unpaired) electrons. The molecule has 0 aliphatic carbocycles. The minimum absolute atomic E-state index is 0.116. The minimum atomic E-state index is -0.762. The van der Waals surface area contributed by atoms with Crippen molar-refractivity contribution >= 4 is 40.8 Å². The van der Waals surface area contributed by atoms with Crippen molar-refractivity contribution in [2.75, 3.05) is 17.2 Å². The Hall–Kier alpha value is -4.50. The molecule has 1 heterocycles. The largest absolute Gasteiger partial charge is 0.452 e. The summed E-state index contributed by atoms with van der Waals surface area (Å²) in [5.74, 6) is -1.72. The number of halogens is 1. The van der Waals surface area contributed by atoms with Gasteiger partial charge in [0.25, 0.3) is 11.8 Å². The number of para-hydroxylation sites is 1. The van der Waals surface area contributed by atoms with Crippen molar-refractivity contribution < 1.29 is 19.1 Å². The highest BCUT2D eigenvalue weighted by Crippen LogP contribution is 2.24. The van der Waals surface area contributed by atoms with E-state index in [1.165, 1.54) is 23.4 Å². The molecule has 3 aromatic carbocycles. The van der Waals surface area contributed by atoms with E-state index in [1.807, 2.05) is 0 Å². The van der Waals surface area contributed by atoms with Gasteiger partial charge in [0.15, 0.2) is 6.61 Å². The molecule has 170 valence electrons. The second-order valence-electron chi connectivity index (χ2n) is 6.99. The maximum Gasteiger partial charge on any atom is 0.340 e. The molecule has 4 aromatic rings. The fourth-order valence-electron chi connectivity index (χ4n) is 3.09. The van der Waals surface area contributed by atoms with Gasteiger partial charge >= 0.3 is 5.97 Å². The van der Waals surface area contributed by atoms with Crippen LogP contribution in [-0.4, -0.2) is 39.2 Å². The number of amides is 2. The molecule has 1 aromatic heterocycles. The van der Waals surface area contributed by atoms with Crippen LogP contribution in [-0.2, 0) is 9.53 Å². The summed E-state index contributed by atoms with van der Waals surface area (Å²) in [5.41, 5.74) is 1.73. The molecule has 9 nitrogen and oxygen atoms in total. The molecule has 34 heavy (non-hydrogen) atoms. The smallest absolute Gasteiger partial charge is 0.340 e. The number of benzene rings is 3. The number of nitrogens with zero attached hydrogens (tertiary/aromatic N) is 3. The summed E-state index contributed by atoms with van der Waals surface area (Å²) < 4.78 is 6.64. The zero-order valence-corrected chi connectivity index (χ0v) is 18.4. The predicted molar refractivity (Wildman–Crippen MR) is 126 cm³/mol. The summed E-state index contributed by atoms with van der Waals surface area (Å²) in [6.07, 6.45) is 2.83. The second-order valence-corrected chi connectivity index (χ2v) is 7.43. The van der Waals surface area contributed by atoms with Gasteiger partial charge in [0.2, 0.25) is 0 Å². The summed E-state index contributed by atoms with van der Waals surface area (Å²) in [6, 6.07) is 19.8. The predicted octanol–water partition coefficient (Wildman–Crippen LogP) is 3.97. The molecule has 0 aliphatic rings. The molecule has 0 spiro atoms. The Bertz CT molecular complexity index is 1330. The number of rotatable bonds is 7. The Balaban J connectivity index is 1.42. The van der Waals surface area contributed by atoms with Crippen LogP contribution in [0.15, 0.2) is 85.5 Å². The highest BCUT2D eigenvalue weighted by molar-refractivity contribution is 6.31. The van der Waals surface area contributed by atoms with E-state index in [0.29, 0.717) is 22.0 Å². The van der Waals surface area contributed by atoms with Crippen molar-refractivity contribution in [3.05, 3.63) is 102 Å². The Kier molecular flexibility index (Phi) is 6.95. The molecule has 0 bridgehead atoms. The maximum atomic E-state index is 12.7. The van der Waals surface area contributed by atoms with E-state index in [0.717, 1.165) is 0 Å². The summed E-state index contributed by atoms with van der Waals surface area (Å²) in [6.45, 7) is -0.552. The van der Waals surface area contributed by atoms with Gasteiger partial charge in [0, 0.05) is 10.6 Å². The van der Waals surface area contributed by atoms with Crippen molar-refractivity contribution in [3.63, 3.8) is 0 Å². The van der Waals surface area contributed by atoms with E-state index in [4.69, 9.17) is 16.3 Å². The Labute approximate surface area is 199 Å². The first-order valence-corrected chi connectivity index (χ1v) is 10.5. The van der Waals surface area contributed by atoms with Gasteiger partial charge in [-0.1, -0.05) is 41.9 Å². The lowest BCUT2D eigenvalue weighted by atomic mass is 10.1. The molecule has 0 atom stereocenters. The van der Waals surface area contributed by atoms with Crippen LogP contribution >= 0.6 is 11.6 Å². The zero-order valence-electron chi connectivity index (χ0n) is 17.6. The summed E-state index contributed by atoms with van der Waals surface area (Å²) >= 11 is 6.06. The van der Waals surface area contributed by atoms with Crippen LogP contribution < -0.4 is 10.6 Å². The van der Waals surface area contributed by atoms with Gasteiger partial charge in [-0.15, -0.1) is 0 Å². The van der Waals surface area contributed by atoms with Crippen LogP contribution in [0.1, 0.15) is 20.7 Å². The van der Waals surface area contributed by atoms with Crippen molar-refractivity contribution in [1.82, 2.24) is 14.8 Å². The van der Waals surface area contributed by atoms with Crippen LogP contribution in [0, 0.1) is 0 Å². The SMILES string of the molecule is O=C(COC(=O)c1ccccc1NC(=O)c1ccccc1)Nc1cc(Cl)ccc1-n1cncn1. The van der Waals surface area contributed by atoms with Gasteiger partial charge < -0.3 is 15.4 Å². The van der Waals surface area contributed by atoms with Gasteiger partial charge in [0.1, 0.15) is 12.7 Å². The molecular weight excluding hydrogens is 458 g/mol. The summed E-state index contributed by atoms with van der Waals surface area (Å²) in [4.78, 5) is 41.5. The highest BCUT2D eigenvalue weighted by Gasteiger charge is 2.17. The van der Waals surface area contributed by atoms with Gasteiger partial charge in [-0.25, -0.2) is 14.5 Å². The monoisotopic (exact) mass is 475 g/mol. The third-order valence-corrected chi connectivity index (χ3v) is 4.90. The molecule has 0 aliphatic heterocycles. The number of hydrogen-bond donors (Lipinski definition) is 2. The number of carbonyl (C=O) groups is 3. The third-order valence-electron chi connectivity index (χ3n) is 4.66. The number of esters is 1. The average molecular weight is 476 g/mol. The van der Waals surface area contributed by atoms with Gasteiger partial charge in [-0.2, -0.15) is 5.10 Å². The van der Waals surface area contributed by atoms with Crippen molar-refractivity contribution in [1.29, 1.82) is 0 Å². The highest BCUT2D eigenvalue weighted by atomic mass is 35.5. The summed E-state index contributed by atoms with van der Waals surface area (Å²) in [5, 5.41) is 9.80. The first-order valence-electron chi connectivity index (χ1n) is 10.1. The molecular formula is C24H18ClN5O4. The molecule has 0 saturated carbocycles. The molecule has 10 heteroatoms. The van der Waals surface area contributed by atoms with Crippen LogP contribution in [0.3, 0.4) is 0 Å². The fourth-order valence-corrected chi connectivity index (χ4v) is 3.26. The van der Waals surface area contributed by atoms with Gasteiger partial charge in [-0.05, 0) is 42.5 Å². The Morgan fingerprint density at radius 1 is 0.912 bits per heavy atom.